The Kier molecular flexibility index (Phi) is 6.19. The predicted molar refractivity (Wildman–Crippen MR) is 104 cm³/mol. The van der Waals surface area contributed by atoms with Crippen molar-refractivity contribution in [1.29, 1.82) is 0 Å². The second-order valence-electron chi connectivity index (χ2n) is 8.20. The number of allylic oxidation sites excluding steroid dienone is 1. The number of halogens is 3. The quantitative estimate of drug-likeness (QED) is 0.420. The van der Waals surface area contributed by atoms with Gasteiger partial charge < -0.3 is 9.84 Å². The second-order valence-corrected chi connectivity index (χ2v) is 8.20. The van der Waals surface area contributed by atoms with Gasteiger partial charge in [0.05, 0.1) is 24.0 Å². The van der Waals surface area contributed by atoms with Crippen molar-refractivity contribution in [2.75, 3.05) is 0 Å². The van der Waals surface area contributed by atoms with Crippen LogP contribution in [0.15, 0.2) is 30.2 Å². The van der Waals surface area contributed by atoms with Gasteiger partial charge in [-0.1, -0.05) is 13.8 Å². The number of aromatic nitrogens is 3. The predicted octanol–water partition coefficient (Wildman–Crippen LogP) is 3.80. The summed E-state index contributed by atoms with van der Waals surface area (Å²) in [7, 11) is 0. The lowest BCUT2D eigenvalue weighted by Gasteiger charge is -2.28. The summed E-state index contributed by atoms with van der Waals surface area (Å²) in [5.41, 5.74) is 0.228. The number of hydrogen-bond acceptors (Lipinski definition) is 6. The number of alkyl halides is 3. The standard InChI is InChI=1S/C21H22F3N3O4/c1-11-13(25-5-4-16(11)31-20(24)19(22)23)10-27-9-12(8-26-27)18(30)17-14(28)6-21(2,3)7-15(17)29/h4-5,8-9,19-20,30H,6-7,10H2,1-3H3. The Balaban J connectivity index is 1.82. The number of Topliss-reactive ketones (excluding diaryl/α,β-unsaturated/α-hetero) is 2. The topological polar surface area (TPSA) is 94.3 Å². The Hall–Kier alpha value is -3.17. The summed E-state index contributed by atoms with van der Waals surface area (Å²) in [6.45, 7) is 5.23. The highest BCUT2D eigenvalue weighted by molar-refractivity contribution is 6.26. The smallest absolute Gasteiger partial charge is 0.304 e. The van der Waals surface area contributed by atoms with Gasteiger partial charge in [0.25, 0.3) is 6.36 Å². The zero-order valence-corrected chi connectivity index (χ0v) is 17.2. The van der Waals surface area contributed by atoms with Crippen LogP contribution in [0.3, 0.4) is 0 Å². The molecule has 2 aromatic rings. The molecule has 2 aromatic heterocycles. The van der Waals surface area contributed by atoms with Crippen LogP contribution in [0.2, 0.25) is 0 Å². The Morgan fingerprint density at radius 3 is 2.52 bits per heavy atom. The van der Waals surface area contributed by atoms with E-state index in [1.165, 1.54) is 29.3 Å². The number of aliphatic hydroxyl groups is 1. The van der Waals surface area contributed by atoms with E-state index in [1.54, 1.807) is 6.92 Å². The minimum Gasteiger partial charge on any atom is -0.506 e. The van der Waals surface area contributed by atoms with E-state index < -0.39 is 35.5 Å². The second kappa shape index (κ2) is 8.52. The molecule has 10 heteroatoms. The highest BCUT2D eigenvalue weighted by Crippen LogP contribution is 2.36. The van der Waals surface area contributed by atoms with Crippen LogP contribution in [0, 0.1) is 12.3 Å². The Morgan fingerprint density at radius 2 is 1.90 bits per heavy atom. The van der Waals surface area contributed by atoms with E-state index in [-0.39, 0.29) is 36.3 Å². The molecule has 7 nitrogen and oxygen atoms in total. The van der Waals surface area contributed by atoms with Crippen molar-refractivity contribution < 1.29 is 32.6 Å². The van der Waals surface area contributed by atoms with Gasteiger partial charge in [-0.15, -0.1) is 0 Å². The molecule has 31 heavy (non-hydrogen) atoms. The van der Waals surface area contributed by atoms with E-state index in [4.69, 9.17) is 0 Å². The summed E-state index contributed by atoms with van der Waals surface area (Å²) < 4.78 is 44.1. The van der Waals surface area contributed by atoms with Gasteiger partial charge in [0.15, 0.2) is 11.6 Å². The molecule has 1 unspecified atom stereocenters. The number of ketones is 2. The van der Waals surface area contributed by atoms with E-state index in [0.717, 1.165) is 0 Å². The normalized spacial score (nSPS) is 17.2. The van der Waals surface area contributed by atoms with Gasteiger partial charge >= 0.3 is 6.43 Å². The van der Waals surface area contributed by atoms with Crippen LogP contribution < -0.4 is 4.74 Å². The largest absolute Gasteiger partial charge is 0.506 e. The summed E-state index contributed by atoms with van der Waals surface area (Å²) in [6, 6.07) is 1.28. The van der Waals surface area contributed by atoms with Crippen LogP contribution in [-0.4, -0.2) is 44.2 Å². The molecule has 1 fully saturated rings. The zero-order valence-electron chi connectivity index (χ0n) is 17.2. The fourth-order valence-corrected chi connectivity index (χ4v) is 3.42. The molecule has 1 N–H and O–H groups in total. The first-order valence-electron chi connectivity index (χ1n) is 9.54. The number of aliphatic hydroxyl groups excluding tert-OH is 1. The van der Waals surface area contributed by atoms with Gasteiger partial charge in [0, 0.05) is 30.8 Å². The van der Waals surface area contributed by atoms with Crippen molar-refractivity contribution in [2.45, 2.75) is 52.9 Å². The number of hydrogen-bond donors (Lipinski definition) is 1. The first-order chi connectivity index (χ1) is 14.5. The lowest BCUT2D eigenvalue weighted by Crippen LogP contribution is -2.32. The molecule has 0 radical (unpaired) electrons. The molecular formula is C21H22F3N3O4. The molecule has 0 aliphatic heterocycles. The van der Waals surface area contributed by atoms with Gasteiger partial charge in [-0.2, -0.15) is 9.49 Å². The van der Waals surface area contributed by atoms with Crippen LogP contribution in [-0.2, 0) is 16.1 Å². The SMILES string of the molecule is Cc1c(OC(F)C(F)F)ccnc1Cn1cc(C(O)=C2C(=O)CC(C)(C)CC2=O)cn1. The third kappa shape index (κ3) is 4.95. The third-order valence-electron chi connectivity index (χ3n) is 4.99. The molecule has 0 amide bonds. The minimum atomic E-state index is -3.28. The van der Waals surface area contributed by atoms with E-state index in [0.29, 0.717) is 11.3 Å². The van der Waals surface area contributed by atoms with Crippen molar-refractivity contribution >= 4 is 17.3 Å². The van der Waals surface area contributed by atoms with Crippen molar-refractivity contribution in [3.63, 3.8) is 0 Å². The highest BCUT2D eigenvalue weighted by atomic mass is 19.3. The van der Waals surface area contributed by atoms with Crippen LogP contribution >= 0.6 is 0 Å². The van der Waals surface area contributed by atoms with Gasteiger partial charge in [-0.05, 0) is 18.4 Å². The number of ether oxygens (including phenoxy) is 1. The summed E-state index contributed by atoms with van der Waals surface area (Å²) in [5.74, 6) is -1.35. The van der Waals surface area contributed by atoms with Crippen molar-refractivity contribution in [3.8, 4) is 5.75 Å². The van der Waals surface area contributed by atoms with E-state index >= 15 is 0 Å². The maximum atomic E-state index is 13.2. The maximum absolute atomic E-state index is 13.2. The minimum absolute atomic E-state index is 0.0617. The number of carbonyl (C=O) groups excluding carboxylic acids is 2. The van der Waals surface area contributed by atoms with Gasteiger partial charge in [0.2, 0.25) is 0 Å². The molecule has 166 valence electrons. The Bertz CT molecular complexity index is 1020. The molecule has 0 bridgehead atoms. The molecule has 0 saturated heterocycles. The Morgan fingerprint density at radius 1 is 1.26 bits per heavy atom. The summed E-state index contributed by atoms with van der Waals surface area (Å²) in [5, 5.41) is 14.6. The van der Waals surface area contributed by atoms with Crippen LogP contribution in [0.1, 0.15) is 43.5 Å². The summed E-state index contributed by atoms with van der Waals surface area (Å²) in [6.07, 6.45) is -1.73. The summed E-state index contributed by atoms with van der Waals surface area (Å²) >= 11 is 0. The molecule has 1 atom stereocenters. The molecular weight excluding hydrogens is 415 g/mol. The molecule has 1 aliphatic carbocycles. The average Bonchev–Trinajstić information content (AvgIpc) is 3.11. The number of carbonyl (C=O) groups is 2. The van der Waals surface area contributed by atoms with E-state index in [2.05, 4.69) is 14.8 Å². The average molecular weight is 437 g/mol. The number of nitrogens with zero attached hydrogens (tertiary/aromatic N) is 3. The van der Waals surface area contributed by atoms with Crippen LogP contribution in [0.5, 0.6) is 5.75 Å². The van der Waals surface area contributed by atoms with Crippen molar-refractivity contribution in [3.05, 3.63) is 47.1 Å². The fourth-order valence-electron chi connectivity index (χ4n) is 3.42. The van der Waals surface area contributed by atoms with E-state index in [1.807, 2.05) is 13.8 Å². The monoisotopic (exact) mass is 437 g/mol. The Labute approximate surface area is 176 Å². The van der Waals surface area contributed by atoms with Gasteiger partial charge in [-0.3, -0.25) is 19.3 Å². The molecule has 1 saturated carbocycles. The van der Waals surface area contributed by atoms with E-state index in [9.17, 15) is 27.9 Å². The number of rotatable bonds is 6. The van der Waals surface area contributed by atoms with Crippen molar-refractivity contribution in [1.82, 2.24) is 14.8 Å². The first kappa shape index (κ1) is 22.5. The molecule has 0 aromatic carbocycles. The molecule has 2 heterocycles. The van der Waals surface area contributed by atoms with Gasteiger partial charge in [-0.25, -0.2) is 8.78 Å². The number of pyridine rings is 1. The molecule has 0 spiro atoms. The maximum Gasteiger partial charge on any atom is 0.304 e. The first-order valence-corrected chi connectivity index (χ1v) is 9.54. The summed E-state index contributed by atoms with van der Waals surface area (Å²) in [4.78, 5) is 28.9. The van der Waals surface area contributed by atoms with Crippen molar-refractivity contribution in [2.24, 2.45) is 5.41 Å². The lowest BCUT2D eigenvalue weighted by atomic mass is 9.73. The fraction of sp³-hybridized carbons (Fsp3) is 0.429. The zero-order chi connectivity index (χ0) is 22.9. The highest BCUT2D eigenvalue weighted by Gasteiger charge is 2.38. The van der Waals surface area contributed by atoms with Crippen LogP contribution in [0.25, 0.3) is 5.76 Å². The van der Waals surface area contributed by atoms with Gasteiger partial charge in [0.1, 0.15) is 17.1 Å². The lowest BCUT2D eigenvalue weighted by molar-refractivity contribution is -0.127. The van der Waals surface area contributed by atoms with Crippen LogP contribution in [0.4, 0.5) is 13.2 Å². The molecule has 1 aliphatic rings. The third-order valence-corrected chi connectivity index (χ3v) is 4.99. The molecule has 3 rings (SSSR count).